The van der Waals surface area contributed by atoms with E-state index >= 15 is 0 Å². The van der Waals surface area contributed by atoms with Crippen LogP contribution in [0.25, 0.3) is 0 Å². The van der Waals surface area contributed by atoms with E-state index in [2.05, 4.69) is 21.3 Å². The molecule has 38 heavy (non-hydrogen) atoms. The molecule has 0 bridgehead atoms. The first-order valence-electron chi connectivity index (χ1n) is 11.3. The summed E-state index contributed by atoms with van der Waals surface area (Å²) in [5.41, 5.74) is 1.05. The molecule has 1 aromatic rings. The number of pyridine rings is 1. The number of hydrogen-bond donors (Lipinski definition) is 3. The molecule has 3 rings (SSSR count). The van der Waals surface area contributed by atoms with E-state index in [0.717, 1.165) is 57.6 Å². The lowest BCUT2D eigenvalue weighted by atomic mass is 9.82. The molecule has 2 amide bonds. The molecule has 0 saturated carbocycles. The summed E-state index contributed by atoms with van der Waals surface area (Å²) in [6.45, 7) is 3.67. The molecule has 0 radical (unpaired) electrons. The van der Waals surface area contributed by atoms with Gasteiger partial charge in [-0.25, -0.2) is 14.4 Å². The number of aromatic nitrogens is 1. The standard InChI is InChI=1S/C18H28N4O2.2C2HF3O2/c1-21(2)17(23)20-15-6-12-24-18(13-15)7-10-22(11-8-18)14-16-5-3-4-9-19-16;2*3-2(4,5)1(6)7/h3-5,9,15H,6-8,10-14H2,1-2H3,(H,20,23);2*(H,6,7). The Bertz CT molecular complexity index is 882. The molecular weight excluding hydrogens is 530 g/mol. The first-order chi connectivity index (χ1) is 17.4. The number of amides is 2. The van der Waals surface area contributed by atoms with Gasteiger partial charge in [-0.1, -0.05) is 6.07 Å². The Balaban J connectivity index is 0.000000426. The number of carbonyl (C=O) groups excluding carboxylic acids is 1. The van der Waals surface area contributed by atoms with Crippen LogP contribution in [0.5, 0.6) is 0 Å². The first-order valence-corrected chi connectivity index (χ1v) is 11.3. The molecule has 16 heteroatoms. The third-order valence-corrected chi connectivity index (χ3v) is 5.59. The van der Waals surface area contributed by atoms with Crippen molar-refractivity contribution in [2.75, 3.05) is 33.8 Å². The number of alkyl halides is 6. The Morgan fingerprint density at radius 1 is 1.08 bits per heavy atom. The van der Waals surface area contributed by atoms with Crippen LogP contribution in [0.2, 0.25) is 0 Å². The van der Waals surface area contributed by atoms with E-state index in [9.17, 15) is 31.1 Å². The Kier molecular flexibility index (Phi) is 12.2. The average molecular weight is 560 g/mol. The van der Waals surface area contributed by atoms with E-state index in [1.54, 1.807) is 19.0 Å². The van der Waals surface area contributed by atoms with Gasteiger partial charge >= 0.3 is 30.3 Å². The molecule has 10 nitrogen and oxygen atoms in total. The number of urea groups is 1. The van der Waals surface area contributed by atoms with Gasteiger partial charge in [0, 0.05) is 52.6 Å². The fourth-order valence-corrected chi connectivity index (χ4v) is 3.64. The number of piperidine rings is 1. The van der Waals surface area contributed by atoms with Gasteiger partial charge in [0.05, 0.1) is 11.3 Å². The third kappa shape index (κ3) is 11.9. The molecule has 3 N–H and O–H groups in total. The Hall–Kier alpha value is -3.14. The number of nitrogens with one attached hydrogen (secondary N) is 1. The van der Waals surface area contributed by atoms with E-state index in [4.69, 9.17) is 24.5 Å². The second kappa shape index (κ2) is 14.1. The molecule has 2 aliphatic heterocycles. The van der Waals surface area contributed by atoms with E-state index in [1.807, 2.05) is 18.3 Å². The molecule has 1 unspecified atom stereocenters. The molecule has 0 aromatic carbocycles. The van der Waals surface area contributed by atoms with Crippen LogP contribution in [0.15, 0.2) is 24.4 Å². The maximum Gasteiger partial charge on any atom is 0.490 e. The molecule has 2 fully saturated rings. The van der Waals surface area contributed by atoms with Gasteiger partial charge in [0.2, 0.25) is 0 Å². The summed E-state index contributed by atoms with van der Waals surface area (Å²) in [6, 6.07) is 6.28. The zero-order valence-electron chi connectivity index (χ0n) is 20.7. The topological polar surface area (TPSA) is 132 Å². The monoisotopic (exact) mass is 560 g/mol. The third-order valence-electron chi connectivity index (χ3n) is 5.59. The van der Waals surface area contributed by atoms with Gasteiger partial charge < -0.3 is 25.2 Å². The minimum atomic E-state index is -5.08. The maximum atomic E-state index is 11.9. The molecule has 1 aromatic heterocycles. The fourth-order valence-electron chi connectivity index (χ4n) is 3.64. The second-order valence-corrected chi connectivity index (χ2v) is 8.77. The molecule has 2 saturated heterocycles. The Morgan fingerprint density at radius 2 is 1.61 bits per heavy atom. The largest absolute Gasteiger partial charge is 0.490 e. The number of nitrogens with zero attached hydrogens (tertiary/aromatic N) is 3. The van der Waals surface area contributed by atoms with Crippen molar-refractivity contribution in [3.63, 3.8) is 0 Å². The van der Waals surface area contributed by atoms with Gasteiger partial charge in [0.25, 0.3) is 0 Å². The van der Waals surface area contributed by atoms with Crippen LogP contribution in [0.3, 0.4) is 0 Å². The molecule has 1 spiro atoms. The Morgan fingerprint density at radius 3 is 2.03 bits per heavy atom. The van der Waals surface area contributed by atoms with E-state index in [0.29, 0.717) is 0 Å². The van der Waals surface area contributed by atoms with Gasteiger partial charge in [-0.2, -0.15) is 26.3 Å². The van der Waals surface area contributed by atoms with Crippen LogP contribution in [0.4, 0.5) is 31.1 Å². The van der Waals surface area contributed by atoms with Crippen molar-refractivity contribution >= 4 is 18.0 Å². The fraction of sp³-hybridized carbons (Fsp3) is 0.636. The van der Waals surface area contributed by atoms with Crippen molar-refractivity contribution in [2.24, 2.45) is 0 Å². The van der Waals surface area contributed by atoms with E-state index < -0.39 is 24.3 Å². The van der Waals surface area contributed by atoms with Gasteiger partial charge in [0.1, 0.15) is 0 Å². The highest BCUT2D eigenvalue weighted by Gasteiger charge is 2.41. The molecular formula is C22H30F6N4O6. The second-order valence-electron chi connectivity index (χ2n) is 8.77. The zero-order valence-corrected chi connectivity index (χ0v) is 20.7. The van der Waals surface area contributed by atoms with E-state index in [1.165, 1.54) is 0 Å². The lowest BCUT2D eigenvalue weighted by Crippen LogP contribution is -2.54. The SMILES string of the molecule is CN(C)C(=O)NC1CCOC2(CCN(Cc3ccccn3)CC2)C1.O=C(O)C(F)(F)F.O=C(O)C(F)(F)F. The first kappa shape index (κ1) is 32.9. The number of likely N-dealkylation sites (tertiary alicyclic amines) is 1. The number of rotatable bonds is 3. The molecule has 1 atom stereocenters. The highest BCUT2D eigenvalue weighted by atomic mass is 19.4. The molecule has 2 aliphatic rings. The predicted molar refractivity (Wildman–Crippen MR) is 120 cm³/mol. The summed E-state index contributed by atoms with van der Waals surface area (Å²) in [7, 11) is 3.56. The summed E-state index contributed by atoms with van der Waals surface area (Å²) in [4.78, 5) is 38.1. The number of ether oxygens (including phenoxy) is 1. The quantitative estimate of drug-likeness (QED) is 0.481. The minimum absolute atomic E-state index is 0.00959. The molecule has 216 valence electrons. The van der Waals surface area contributed by atoms with Crippen molar-refractivity contribution in [2.45, 2.75) is 56.2 Å². The van der Waals surface area contributed by atoms with Crippen molar-refractivity contribution < 1.29 is 55.7 Å². The lowest BCUT2D eigenvalue weighted by molar-refractivity contribution is -0.193. The van der Waals surface area contributed by atoms with Crippen LogP contribution >= 0.6 is 0 Å². The summed E-state index contributed by atoms with van der Waals surface area (Å²) in [5.74, 6) is -5.51. The lowest BCUT2D eigenvalue weighted by Gasteiger charge is -2.46. The molecule has 0 aliphatic carbocycles. The van der Waals surface area contributed by atoms with E-state index in [-0.39, 0.29) is 17.7 Å². The van der Waals surface area contributed by atoms with Crippen LogP contribution < -0.4 is 5.32 Å². The summed E-state index contributed by atoms with van der Waals surface area (Å²) < 4.78 is 69.6. The van der Waals surface area contributed by atoms with Crippen LogP contribution in [0.1, 0.15) is 31.4 Å². The van der Waals surface area contributed by atoms with Crippen LogP contribution in [-0.2, 0) is 20.9 Å². The summed E-state index contributed by atoms with van der Waals surface area (Å²) in [5, 5.41) is 17.4. The van der Waals surface area contributed by atoms with Gasteiger partial charge in [-0.3, -0.25) is 9.88 Å². The van der Waals surface area contributed by atoms with Gasteiger partial charge in [-0.15, -0.1) is 0 Å². The number of hydrogen-bond acceptors (Lipinski definition) is 6. The van der Waals surface area contributed by atoms with Crippen molar-refractivity contribution in [1.29, 1.82) is 0 Å². The normalized spacial score (nSPS) is 19.2. The number of aliphatic carboxylic acids is 2. The maximum absolute atomic E-state index is 11.9. The van der Waals surface area contributed by atoms with Crippen LogP contribution in [-0.4, -0.2) is 101 Å². The smallest absolute Gasteiger partial charge is 0.475 e. The van der Waals surface area contributed by atoms with Crippen molar-refractivity contribution in [1.82, 2.24) is 20.1 Å². The average Bonchev–Trinajstić information content (AvgIpc) is 2.81. The number of carbonyl (C=O) groups is 3. The zero-order chi connectivity index (χ0) is 29.1. The highest BCUT2D eigenvalue weighted by Crippen LogP contribution is 2.35. The Labute approximate surface area is 214 Å². The van der Waals surface area contributed by atoms with Crippen LogP contribution in [0, 0.1) is 0 Å². The highest BCUT2D eigenvalue weighted by molar-refractivity contribution is 5.74. The van der Waals surface area contributed by atoms with Gasteiger partial charge in [0.15, 0.2) is 0 Å². The number of carboxylic acids is 2. The summed E-state index contributed by atoms with van der Waals surface area (Å²) in [6.07, 6.45) is -4.45. The molecule has 3 heterocycles. The summed E-state index contributed by atoms with van der Waals surface area (Å²) >= 11 is 0. The number of carboxylic acid groups (broad SMARTS) is 2. The minimum Gasteiger partial charge on any atom is -0.475 e. The predicted octanol–water partition coefficient (Wildman–Crippen LogP) is 3.13. The number of halogens is 6. The van der Waals surface area contributed by atoms with Gasteiger partial charge in [-0.05, 0) is 37.8 Å². The van der Waals surface area contributed by atoms with Crippen molar-refractivity contribution in [3.05, 3.63) is 30.1 Å². The van der Waals surface area contributed by atoms with Crippen molar-refractivity contribution in [3.8, 4) is 0 Å².